The lowest BCUT2D eigenvalue weighted by atomic mass is 10.1. The van der Waals surface area contributed by atoms with Crippen molar-refractivity contribution in [2.24, 2.45) is 0 Å². The molecule has 0 amide bonds. The Kier molecular flexibility index (Phi) is 6.07. The molecule has 0 aliphatic heterocycles. The fourth-order valence-corrected chi connectivity index (χ4v) is 4.95. The monoisotopic (exact) mass is 552 g/mol. The van der Waals surface area contributed by atoms with Crippen molar-refractivity contribution in [1.29, 1.82) is 0 Å². The van der Waals surface area contributed by atoms with Crippen molar-refractivity contribution < 1.29 is 9.15 Å². The van der Waals surface area contributed by atoms with E-state index < -0.39 is 8.07 Å². The molecule has 0 fully saturated rings. The van der Waals surface area contributed by atoms with E-state index in [2.05, 4.69) is 24.6 Å². The molecule has 2 aromatic heterocycles. The Balaban J connectivity index is 1.86. The fraction of sp³-hybridized carbons (Fsp3) is 0.273. The normalized spacial score (nSPS) is 12.2. The average molecular weight is 553 g/mol. The minimum atomic E-state index is -1.18. The van der Waals surface area contributed by atoms with Gasteiger partial charge >= 0.3 is 0 Å². The number of rotatable bonds is 6. The number of hydrogen-bond acceptors (Lipinski definition) is 4. The van der Waals surface area contributed by atoms with Gasteiger partial charge in [0.15, 0.2) is 11.3 Å². The molecule has 0 bridgehead atoms. The third-order valence-corrected chi connectivity index (χ3v) is 7.88. The number of benzene rings is 2. The highest BCUT2D eigenvalue weighted by Gasteiger charge is 2.20. The van der Waals surface area contributed by atoms with Gasteiger partial charge in [-0.3, -0.25) is 4.79 Å². The minimum Gasteiger partial charge on any atom is -0.452 e. The molecule has 30 heavy (non-hydrogen) atoms. The van der Waals surface area contributed by atoms with Gasteiger partial charge in [-0.25, -0.2) is 4.98 Å². The first-order chi connectivity index (χ1) is 14.3. The van der Waals surface area contributed by atoms with Gasteiger partial charge in [0.25, 0.3) is 0 Å². The molecule has 0 saturated heterocycles. The van der Waals surface area contributed by atoms with Gasteiger partial charge in [0.2, 0.25) is 5.43 Å². The van der Waals surface area contributed by atoms with Crippen molar-refractivity contribution in [1.82, 2.24) is 9.55 Å². The first-order valence-corrected chi connectivity index (χ1v) is 14.9. The summed E-state index contributed by atoms with van der Waals surface area (Å²) in [6, 6.07) is 12.3. The molecule has 0 spiro atoms. The van der Waals surface area contributed by atoms with Gasteiger partial charge in [0.1, 0.15) is 21.3 Å². The zero-order valence-corrected chi connectivity index (χ0v) is 21.0. The summed E-state index contributed by atoms with van der Waals surface area (Å²) in [7, 11) is -1.18. The lowest BCUT2D eigenvalue weighted by molar-refractivity contribution is 0.0899. The maximum atomic E-state index is 13.1. The van der Waals surface area contributed by atoms with Crippen LogP contribution in [0.1, 0.15) is 0 Å². The van der Waals surface area contributed by atoms with Crippen LogP contribution in [-0.2, 0) is 11.5 Å². The summed E-state index contributed by atoms with van der Waals surface area (Å²) in [6.07, 6.45) is 1.69. The Morgan fingerprint density at radius 3 is 2.67 bits per heavy atom. The van der Waals surface area contributed by atoms with Gasteiger partial charge < -0.3 is 13.7 Å². The molecule has 4 rings (SSSR count). The van der Waals surface area contributed by atoms with Crippen molar-refractivity contribution in [3.63, 3.8) is 0 Å². The summed E-state index contributed by atoms with van der Waals surface area (Å²) >= 11 is 8.50. The van der Waals surface area contributed by atoms with Gasteiger partial charge in [-0.1, -0.05) is 61.6 Å². The van der Waals surface area contributed by atoms with E-state index in [4.69, 9.17) is 20.8 Å². The molecule has 0 N–H and O–H groups in total. The van der Waals surface area contributed by atoms with E-state index in [1.807, 2.05) is 57.5 Å². The Labute approximate surface area is 194 Å². The van der Waals surface area contributed by atoms with Crippen LogP contribution in [0, 0.1) is 3.57 Å². The van der Waals surface area contributed by atoms with Crippen molar-refractivity contribution in [3.05, 3.63) is 61.5 Å². The molecule has 4 aromatic rings. The predicted molar refractivity (Wildman–Crippen MR) is 133 cm³/mol. The number of ether oxygens (including phenoxy) is 1. The van der Waals surface area contributed by atoms with E-state index in [-0.39, 0.29) is 5.43 Å². The quantitative estimate of drug-likeness (QED) is 0.158. The molecule has 0 aliphatic carbocycles. The Morgan fingerprint density at radius 2 is 1.97 bits per heavy atom. The van der Waals surface area contributed by atoms with E-state index >= 15 is 0 Å². The number of nitrogens with zero attached hydrogens (tertiary/aromatic N) is 2. The Hall–Kier alpha value is -1.68. The van der Waals surface area contributed by atoms with Crippen LogP contribution in [0.25, 0.3) is 33.3 Å². The smallest absolute Gasteiger partial charge is 0.206 e. The second kappa shape index (κ2) is 8.45. The maximum Gasteiger partial charge on any atom is 0.206 e. The summed E-state index contributed by atoms with van der Waals surface area (Å²) in [6.45, 7) is 7.96. The maximum absolute atomic E-state index is 13.1. The average Bonchev–Trinajstić information content (AvgIpc) is 3.13. The fourth-order valence-electron chi connectivity index (χ4n) is 3.24. The summed E-state index contributed by atoms with van der Waals surface area (Å²) in [5.74, 6) is 0.546. The molecule has 0 saturated carbocycles. The van der Waals surface area contributed by atoms with E-state index in [0.29, 0.717) is 49.7 Å². The van der Waals surface area contributed by atoms with E-state index in [1.165, 1.54) is 0 Å². The Morgan fingerprint density at radius 1 is 1.23 bits per heavy atom. The topological polar surface area (TPSA) is 57.3 Å². The highest BCUT2D eigenvalue weighted by Crippen LogP contribution is 2.34. The summed E-state index contributed by atoms with van der Waals surface area (Å²) < 4.78 is 14.6. The van der Waals surface area contributed by atoms with Crippen molar-refractivity contribution in [3.8, 4) is 11.3 Å². The first kappa shape index (κ1) is 21.5. The Bertz CT molecular complexity index is 1280. The van der Waals surface area contributed by atoms with Crippen molar-refractivity contribution >= 4 is 64.3 Å². The third-order valence-electron chi connectivity index (χ3n) is 4.90. The summed E-state index contributed by atoms with van der Waals surface area (Å²) in [5.41, 5.74) is 2.50. The van der Waals surface area contributed by atoms with Crippen LogP contribution in [0.2, 0.25) is 30.7 Å². The molecule has 156 valence electrons. The van der Waals surface area contributed by atoms with Crippen LogP contribution in [0.15, 0.2) is 51.9 Å². The zero-order chi connectivity index (χ0) is 21.5. The van der Waals surface area contributed by atoms with Crippen LogP contribution in [-0.4, -0.2) is 24.2 Å². The van der Waals surface area contributed by atoms with Crippen LogP contribution in [0.5, 0.6) is 0 Å². The number of fused-ring (bicyclic) bond motifs is 3. The number of imidazole rings is 1. The van der Waals surface area contributed by atoms with Crippen LogP contribution in [0.4, 0.5) is 0 Å². The molecular formula is C22H22ClIN2O3Si. The largest absolute Gasteiger partial charge is 0.452 e. The molecule has 2 aromatic carbocycles. The lowest BCUT2D eigenvalue weighted by Gasteiger charge is -2.16. The molecular weight excluding hydrogens is 531 g/mol. The second-order valence-electron chi connectivity index (χ2n) is 8.43. The van der Waals surface area contributed by atoms with Gasteiger partial charge in [-0.15, -0.1) is 0 Å². The predicted octanol–water partition coefficient (Wildman–Crippen LogP) is 6.38. The summed E-state index contributed by atoms with van der Waals surface area (Å²) in [4.78, 5) is 17.6. The van der Waals surface area contributed by atoms with Gasteiger partial charge in [-0.2, -0.15) is 0 Å². The first-order valence-electron chi connectivity index (χ1n) is 9.69. The number of hydrogen-bond donors (Lipinski definition) is 0. The third kappa shape index (κ3) is 4.21. The van der Waals surface area contributed by atoms with E-state index in [9.17, 15) is 4.79 Å². The summed E-state index contributed by atoms with van der Waals surface area (Å²) in [5, 5.41) is 0.870. The number of halogens is 2. The molecule has 0 aliphatic rings. The molecule has 5 nitrogen and oxygen atoms in total. The molecule has 0 unspecified atom stereocenters. The van der Waals surface area contributed by atoms with Crippen molar-refractivity contribution in [2.75, 3.05) is 6.61 Å². The molecule has 2 heterocycles. The van der Waals surface area contributed by atoms with Crippen LogP contribution >= 0.6 is 34.2 Å². The molecule has 0 radical (unpaired) electrons. The van der Waals surface area contributed by atoms with Gasteiger partial charge in [0.05, 0.1) is 16.7 Å². The lowest BCUT2D eigenvalue weighted by Crippen LogP contribution is -2.22. The van der Waals surface area contributed by atoms with Crippen LogP contribution in [0.3, 0.4) is 0 Å². The van der Waals surface area contributed by atoms with Crippen molar-refractivity contribution in [2.45, 2.75) is 32.4 Å². The van der Waals surface area contributed by atoms with E-state index in [0.717, 1.165) is 11.6 Å². The zero-order valence-electron chi connectivity index (χ0n) is 17.0. The SMILES string of the molecule is C[Si](C)(C)CCOCn1cnc2c(Cl)cc3c(=O)c(I)c(-c4ccccc4)oc3c21. The highest BCUT2D eigenvalue weighted by atomic mass is 127. The minimum absolute atomic E-state index is 0.105. The second-order valence-corrected chi connectivity index (χ2v) is 15.5. The highest BCUT2D eigenvalue weighted by molar-refractivity contribution is 14.1. The van der Waals surface area contributed by atoms with Gasteiger partial charge in [-0.05, 0) is 34.7 Å². The molecule has 0 atom stereocenters. The van der Waals surface area contributed by atoms with Gasteiger partial charge in [0, 0.05) is 20.2 Å². The standard InChI is InChI=1S/C22H22ClIN2O3Si/c1-30(2,3)10-9-28-13-26-12-25-18-16(23)11-15-20(27)17(24)21(29-22(15)19(18)26)14-7-5-4-6-8-14/h4-8,11-12H,9-10,13H2,1-3H3. The molecule has 8 heteroatoms. The number of aromatic nitrogens is 2. The van der Waals surface area contributed by atoms with E-state index in [1.54, 1.807) is 12.4 Å². The van der Waals surface area contributed by atoms with Crippen LogP contribution < -0.4 is 5.43 Å².